The van der Waals surface area contributed by atoms with Gasteiger partial charge in [-0.15, -0.1) is 0 Å². The third-order valence-corrected chi connectivity index (χ3v) is 1.31. The van der Waals surface area contributed by atoms with Gasteiger partial charge in [0.1, 0.15) is 13.6 Å². The number of nitrogens with one attached hydrogen (secondary N) is 1. The Hall–Kier alpha value is -1.64. The third-order valence-electron chi connectivity index (χ3n) is 1.31. The number of hydrogen-bond acceptors (Lipinski definition) is 3. The summed E-state index contributed by atoms with van der Waals surface area (Å²) in [6.07, 6.45) is 0. The maximum Gasteiger partial charge on any atom is 0.106 e. The number of benzene rings is 1. The molecule has 3 nitrogen and oxygen atoms in total. The van der Waals surface area contributed by atoms with Gasteiger partial charge in [-0.3, -0.25) is 0 Å². The van der Waals surface area contributed by atoms with E-state index in [-0.39, 0.29) is 0 Å². The quantitative estimate of drug-likeness (QED) is 0.716. The summed E-state index contributed by atoms with van der Waals surface area (Å²) >= 11 is 0. The van der Waals surface area contributed by atoms with Gasteiger partial charge in [0.05, 0.1) is 0 Å². The molecule has 0 atom stereocenters. The molecule has 0 saturated carbocycles. The van der Waals surface area contributed by atoms with Gasteiger partial charge in [-0.05, 0) is 24.6 Å². The predicted molar refractivity (Wildman–Crippen MR) is 55.0 cm³/mol. The van der Waals surface area contributed by atoms with Crippen molar-refractivity contribution < 1.29 is 9.59 Å². The van der Waals surface area contributed by atoms with Gasteiger partial charge in [-0.25, -0.2) is 0 Å². The fraction of sp³-hybridized carbons (Fsp3) is 0.200. The Morgan fingerprint density at radius 1 is 1.15 bits per heavy atom. The lowest BCUT2D eigenvalue weighted by molar-refractivity contribution is -0.0987. The molecule has 3 heteroatoms. The molecular weight excluding hydrogens is 166 g/mol. The second-order valence-electron chi connectivity index (χ2n) is 2.12. The van der Waals surface area contributed by atoms with Gasteiger partial charge in [-0.1, -0.05) is 12.1 Å². The van der Waals surface area contributed by atoms with Crippen LogP contribution in [0.4, 0.5) is 5.69 Å². The Balaban J connectivity index is 0. The van der Waals surface area contributed by atoms with Crippen LogP contribution in [0.2, 0.25) is 0 Å². The predicted octanol–water partition coefficient (Wildman–Crippen LogP) is 1.67. The highest BCUT2D eigenvalue weighted by molar-refractivity contribution is 5.44. The number of carbonyl (C=O) groups excluding carboxylic acids is 2. The monoisotopic (exact) mass is 181 g/mol. The normalized spacial score (nSPS) is 6.92. The largest absolute Gasteiger partial charge is 0.388 e. The van der Waals surface area contributed by atoms with Crippen LogP contribution >= 0.6 is 0 Å². The summed E-state index contributed by atoms with van der Waals surface area (Å²) in [5.41, 5.74) is 2.47. The van der Waals surface area contributed by atoms with Crippen molar-refractivity contribution in [2.24, 2.45) is 0 Å². The summed E-state index contributed by atoms with van der Waals surface area (Å²) in [6.45, 7) is 6.08. The molecule has 0 saturated heterocycles. The zero-order valence-electron chi connectivity index (χ0n) is 8.04. The summed E-state index contributed by atoms with van der Waals surface area (Å²) < 4.78 is 0. The molecule has 0 spiro atoms. The summed E-state index contributed by atoms with van der Waals surface area (Å²) in [7, 11) is 1.93. The molecule has 13 heavy (non-hydrogen) atoms. The average Bonchev–Trinajstić information content (AvgIpc) is 2.24. The van der Waals surface area contributed by atoms with Gasteiger partial charge in [0.15, 0.2) is 0 Å². The van der Waals surface area contributed by atoms with E-state index in [0.29, 0.717) is 0 Å². The van der Waals surface area contributed by atoms with E-state index in [1.807, 2.05) is 32.8 Å². The first-order valence-corrected chi connectivity index (χ1v) is 3.65. The highest BCUT2D eigenvalue weighted by Crippen LogP contribution is 2.07. The van der Waals surface area contributed by atoms with E-state index >= 15 is 0 Å². The topological polar surface area (TPSA) is 46.2 Å². The second kappa shape index (κ2) is 10.4. The van der Waals surface area contributed by atoms with Crippen LogP contribution in [-0.2, 0) is 9.59 Å². The molecule has 0 radical (unpaired) electrons. The molecule has 0 aromatic heterocycles. The van der Waals surface area contributed by atoms with Crippen molar-refractivity contribution in [3.8, 4) is 0 Å². The van der Waals surface area contributed by atoms with E-state index in [1.165, 1.54) is 11.3 Å². The molecule has 0 aliphatic heterocycles. The van der Waals surface area contributed by atoms with Crippen molar-refractivity contribution >= 4 is 19.3 Å². The number of aryl methyl sites for hydroxylation is 1. The Morgan fingerprint density at radius 3 is 2.00 bits per heavy atom. The molecule has 0 heterocycles. The number of hydrogen-bond donors (Lipinski definition) is 1. The standard InChI is InChI=1S/C8H11N.2CH2O/c1-7-4-3-5-8(6-7)9-2;2*1-2/h3-6,9H,1-2H3;2*1H2. The summed E-state index contributed by atoms with van der Waals surface area (Å²) in [5.74, 6) is 0. The molecule has 0 bridgehead atoms. The van der Waals surface area contributed by atoms with Gasteiger partial charge in [0.25, 0.3) is 0 Å². The molecule has 0 unspecified atom stereocenters. The minimum Gasteiger partial charge on any atom is -0.388 e. The SMILES string of the molecule is C=O.C=O.CNc1cccc(C)c1. The first-order chi connectivity index (χ1) is 6.33. The Morgan fingerprint density at radius 2 is 1.69 bits per heavy atom. The second-order valence-corrected chi connectivity index (χ2v) is 2.12. The average molecular weight is 181 g/mol. The highest BCUT2D eigenvalue weighted by atomic mass is 16.1. The van der Waals surface area contributed by atoms with Crippen LogP contribution in [0.3, 0.4) is 0 Å². The van der Waals surface area contributed by atoms with E-state index < -0.39 is 0 Å². The van der Waals surface area contributed by atoms with Gasteiger partial charge < -0.3 is 14.9 Å². The summed E-state index contributed by atoms with van der Waals surface area (Å²) in [4.78, 5) is 16.0. The van der Waals surface area contributed by atoms with Gasteiger partial charge >= 0.3 is 0 Å². The minimum atomic E-state index is 1.18. The first-order valence-electron chi connectivity index (χ1n) is 3.65. The Bertz CT molecular complexity index is 224. The number of carbonyl (C=O) groups is 2. The lowest BCUT2D eigenvalue weighted by Crippen LogP contribution is -1.86. The molecule has 1 aromatic rings. The maximum absolute atomic E-state index is 8.00. The highest BCUT2D eigenvalue weighted by Gasteiger charge is 1.84. The van der Waals surface area contributed by atoms with Crippen LogP contribution in [0.15, 0.2) is 24.3 Å². The molecule has 0 amide bonds. The summed E-state index contributed by atoms with van der Waals surface area (Å²) in [6, 6.07) is 8.29. The maximum atomic E-state index is 8.00. The van der Waals surface area contributed by atoms with Crippen LogP contribution in [0.25, 0.3) is 0 Å². The lowest BCUT2D eigenvalue weighted by Gasteiger charge is -1.98. The van der Waals surface area contributed by atoms with Crippen LogP contribution < -0.4 is 5.32 Å². The van der Waals surface area contributed by atoms with Gasteiger partial charge in [0, 0.05) is 12.7 Å². The molecule has 0 aliphatic rings. The van der Waals surface area contributed by atoms with Crippen LogP contribution in [0.5, 0.6) is 0 Å². The Labute approximate surface area is 78.8 Å². The van der Waals surface area contributed by atoms with E-state index in [0.717, 1.165) is 0 Å². The van der Waals surface area contributed by atoms with E-state index in [2.05, 4.69) is 24.4 Å². The smallest absolute Gasteiger partial charge is 0.106 e. The molecule has 72 valence electrons. The fourth-order valence-corrected chi connectivity index (χ4v) is 0.801. The minimum absolute atomic E-state index is 1.18. The molecule has 0 aliphatic carbocycles. The molecule has 1 N–H and O–H groups in total. The van der Waals surface area contributed by atoms with E-state index in [9.17, 15) is 0 Å². The molecule has 1 aromatic carbocycles. The van der Waals surface area contributed by atoms with Crippen LogP contribution in [0.1, 0.15) is 5.56 Å². The lowest BCUT2D eigenvalue weighted by atomic mass is 10.2. The van der Waals surface area contributed by atoms with Crippen LogP contribution in [-0.4, -0.2) is 20.6 Å². The van der Waals surface area contributed by atoms with Crippen molar-refractivity contribution in [2.45, 2.75) is 6.92 Å². The first kappa shape index (κ1) is 13.9. The van der Waals surface area contributed by atoms with Crippen molar-refractivity contribution in [2.75, 3.05) is 12.4 Å². The van der Waals surface area contributed by atoms with Gasteiger partial charge in [-0.2, -0.15) is 0 Å². The number of rotatable bonds is 1. The van der Waals surface area contributed by atoms with E-state index in [1.54, 1.807) is 0 Å². The fourth-order valence-electron chi connectivity index (χ4n) is 0.801. The zero-order chi connectivity index (χ0) is 10.7. The van der Waals surface area contributed by atoms with Crippen molar-refractivity contribution in [3.63, 3.8) is 0 Å². The molecular formula is C10H15NO2. The van der Waals surface area contributed by atoms with Crippen LogP contribution in [0, 0.1) is 6.92 Å². The summed E-state index contributed by atoms with van der Waals surface area (Å²) in [5, 5.41) is 3.07. The van der Waals surface area contributed by atoms with Crippen molar-refractivity contribution in [1.29, 1.82) is 0 Å². The molecule has 0 fully saturated rings. The Kier molecular flexibility index (Phi) is 11.1. The van der Waals surface area contributed by atoms with E-state index in [4.69, 9.17) is 9.59 Å². The van der Waals surface area contributed by atoms with Crippen molar-refractivity contribution in [3.05, 3.63) is 29.8 Å². The third kappa shape index (κ3) is 6.75. The molecule has 1 rings (SSSR count). The van der Waals surface area contributed by atoms with Gasteiger partial charge in [0.2, 0.25) is 0 Å². The zero-order valence-corrected chi connectivity index (χ0v) is 8.04. The number of anilines is 1. The van der Waals surface area contributed by atoms with Crippen molar-refractivity contribution in [1.82, 2.24) is 0 Å².